The summed E-state index contributed by atoms with van der Waals surface area (Å²) in [4.78, 5) is 11.6. The molecular formula is C18H22O3. The lowest BCUT2D eigenvalue weighted by atomic mass is 10.2. The first-order valence-electron chi connectivity index (χ1n) is 7.11. The van der Waals surface area contributed by atoms with E-state index in [1.807, 2.05) is 62.4 Å². The van der Waals surface area contributed by atoms with Crippen LogP contribution in [-0.4, -0.2) is 19.2 Å². The zero-order valence-electron chi connectivity index (χ0n) is 12.6. The molecule has 112 valence electrons. The van der Waals surface area contributed by atoms with Gasteiger partial charge in [0.15, 0.2) is 0 Å². The van der Waals surface area contributed by atoms with Crippen LogP contribution in [0.1, 0.15) is 29.8 Å². The molecule has 2 aromatic rings. The van der Waals surface area contributed by atoms with Crippen LogP contribution < -0.4 is 0 Å². The Hall–Kier alpha value is -2.13. The lowest BCUT2D eigenvalue weighted by Crippen LogP contribution is -2.04. The van der Waals surface area contributed by atoms with Crippen LogP contribution in [0.4, 0.5) is 0 Å². The third kappa shape index (κ3) is 7.28. The van der Waals surface area contributed by atoms with Gasteiger partial charge in [-0.1, -0.05) is 48.5 Å². The largest absolute Gasteiger partial charge is 0.457 e. The van der Waals surface area contributed by atoms with Gasteiger partial charge in [0.2, 0.25) is 0 Å². The van der Waals surface area contributed by atoms with E-state index in [1.54, 1.807) is 12.1 Å². The van der Waals surface area contributed by atoms with Gasteiger partial charge in [-0.25, -0.2) is 4.79 Å². The number of ether oxygens (including phenoxy) is 2. The first-order valence-corrected chi connectivity index (χ1v) is 7.11. The van der Waals surface area contributed by atoms with Crippen molar-refractivity contribution in [2.24, 2.45) is 0 Å². The zero-order chi connectivity index (χ0) is 15.3. The van der Waals surface area contributed by atoms with Crippen LogP contribution in [0.2, 0.25) is 0 Å². The van der Waals surface area contributed by atoms with Gasteiger partial charge >= 0.3 is 5.97 Å². The van der Waals surface area contributed by atoms with Gasteiger partial charge in [0.25, 0.3) is 0 Å². The molecule has 0 radical (unpaired) electrons. The van der Waals surface area contributed by atoms with Crippen molar-refractivity contribution in [1.82, 2.24) is 0 Å². The molecule has 0 unspecified atom stereocenters. The van der Waals surface area contributed by atoms with Crippen molar-refractivity contribution in [2.45, 2.75) is 20.5 Å². The predicted octanol–water partition coefficient (Wildman–Crippen LogP) is 4.09. The number of hydrogen-bond acceptors (Lipinski definition) is 3. The Morgan fingerprint density at radius 2 is 1.38 bits per heavy atom. The average molecular weight is 286 g/mol. The van der Waals surface area contributed by atoms with E-state index in [0.29, 0.717) is 12.2 Å². The Bertz CT molecular complexity index is 492. The second kappa shape index (κ2) is 10.6. The zero-order valence-corrected chi connectivity index (χ0v) is 12.6. The van der Waals surface area contributed by atoms with Crippen LogP contribution in [0, 0.1) is 0 Å². The first kappa shape index (κ1) is 16.9. The van der Waals surface area contributed by atoms with Gasteiger partial charge in [-0.3, -0.25) is 0 Å². The molecular weight excluding hydrogens is 264 g/mol. The molecule has 2 aromatic carbocycles. The van der Waals surface area contributed by atoms with Crippen LogP contribution in [0.25, 0.3) is 0 Å². The highest BCUT2D eigenvalue weighted by atomic mass is 16.5. The van der Waals surface area contributed by atoms with Crippen LogP contribution in [-0.2, 0) is 16.1 Å². The Morgan fingerprint density at radius 1 is 0.857 bits per heavy atom. The molecule has 0 atom stereocenters. The molecule has 0 saturated heterocycles. The number of rotatable bonds is 5. The van der Waals surface area contributed by atoms with Crippen LogP contribution in [0.15, 0.2) is 60.7 Å². The molecule has 21 heavy (non-hydrogen) atoms. The fraction of sp³-hybridized carbons (Fsp3) is 0.278. The van der Waals surface area contributed by atoms with E-state index in [4.69, 9.17) is 9.47 Å². The van der Waals surface area contributed by atoms with Crippen molar-refractivity contribution >= 4 is 5.97 Å². The van der Waals surface area contributed by atoms with Gasteiger partial charge in [-0.2, -0.15) is 0 Å². The van der Waals surface area contributed by atoms with Crippen molar-refractivity contribution < 1.29 is 14.3 Å². The topological polar surface area (TPSA) is 35.5 Å². The molecule has 0 aliphatic rings. The quantitative estimate of drug-likeness (QED) is 0.777. The normalized spacial score (nSPS) is 9.43. The van der Waals surface area contributed by atoms with Gasteiger partial charge in [0.1, 0.15) is 6.61 Å². The molecule has 3 heteroatoms. The van der Waals surface area contributed by atoms with E-state index in [1.165, 1.54) is 0 Å². The van der Waals surface area contributed by atoms with Crippen LogP contribution >= 0.6 is 0 Å². The summed E-state index contributed by atoms with van der Waals surface area (Å²) in [6.07, 6.45) is 0. The summed E-state index contributed by atoms with van der Waals surface area (Å²) in [5.41, 5.74) is 1.57. The predicted molar refractivity (Wildman–Crippen MR) is 84.2 cm³/mol. The second-order valence-electron chi connectivity index (χ2n) is 4.21. The molecule has 2 rings (SSSR count). The molecule has 0 heterocycles. The SMILES string of the molecule is CCOCC.O=C(OCc1ccccc1)c1ccccc1. The Kier molecular flexibility index (Phi) is 8.57. The van der Waals surface area contributed by atoms with Gasteiger partial charge in [0.05, 0.1) is 5.56 Å². The van der Waals surface area contributed by atoms with E-state index in [0.717, 1.165) is 18.8 Å². The van der Waals surface area contributed by atoms with Gasteiger partial charge in [-0.15, -0.1) is 0 Å². The Morgan fingerprint density at radius 3 is 1.86 bits per heavy atom. The van der Waals surface area contributed by atoms with E-state index >= 15 is 0 Å². The molecule has 0 amide bonds. The summed E-state index contributed by atoms with van der Waals surface area (Å²) in [5, 5.41) is 0. The minimum absolute atomic E-state index is 0.288. The maximum Gasteiger partial charge on any atom is 0.338 e. The summed E-state index contributed by atoms with van der Waals surface area (Å²) in [6.45, 7) is 5.98. The highest BCUT2D eigenvalue weighted by Crippen LogP contribution is 2.05. The number of esters is 1. The summed E-state index contributed by atoms with van der Waals surface area (Å²) in [7, 11) is 0. The number of hydrogen-bond donors (Lipinski definition) is 0. The molecule has 0 aliphatic carbocycles. The highest BCUT2D eigenvalue weighted by Gasteiger charge is 2.05. The van der Waals surface area contributed by atoms with Crippen molar-refractivity contribution in [2.75, 3.05) is 13.2 Å². The van der Waals surface area contributed by atoms with E-state index in [-0.39, 0.29) is 5.97 Å². The summed E-state index contributed by atoms with van der Waals surface area (Å²) in [5.74, 6) is -0.288. The smallest absolute Gasteiger partial charge is 0.338 e. The molecule has 0 saturated carbocycles. The minimum atomic E-state index is -0.288. The van der Waals surface area contributed by atoms with E-state index in [2.05, 4.69) is 0 Å². The standard InChI is InChI=1S/C14H12O2.C4H10O/c15-14(13-9-5-2-6-10-13)16-11-12-7-3-1-4-8-12;1-3-5-4-2/h1-10H,11H2;3-4H2,1-2H3. The fourth-order valence-corrected chi connectivity index (χ4v) is 1.58. The maximum atomic E-state index is 11.6. The molecule has 0 spiro atoms. The first-order chi connectivity index (χ1) is 10.3. The van der Waals surface area contributed by atoms with Crippen molar-refractivity contribution in [1.29, 1.82) is 0 Å². The van der Waals surface area contributed by atoms with E-state index in [9.17, 15) is 4.79 Å². The van der Waals surface area contributed by atoms with Crippen molar-refractivity contribution in [3.8, 4) is 0 Å². The molecule has 0 aromatic heterocycles. The summed E-state index contributed by atoms with van der Waals surface area (Å²) >= 11 is 0. The van der Waals surface area contributed by atoms with Crippen molar-refractivity contribution in [3.63, 3.8) is 0 Å². The monoisotopic (exact) mass is 286 g/mol. The highest BCUT2D eigenvalue weighted by molar-refractivity contribution is 5.89. The maximum absolute atomic E-state index is 11.6. The number of benzene rings is 2. The second-order valence-corrected chi connectivity index (χ2v) is 4.21. The lowest BCUT2D eigenvalue weighted by Gasteiger charge is -2.04. The molecule has 0 N–H and O–H groups in total. The van der Waals surface area contributed by atoms with Crippen molar-refractivity contribution in [3.05, 3.63) is 71.8 Å². The molecule has 0 bridgehead atoms. The lowest BCUT2D eigenvalue weighted by molar-refractivity contribution is 0.0472. The Balaban J connectivity index is 0.000000383. The van der Waals surface area contributed by atoms with Gasteiger partial charge in [0, 0.05) is 13.2 Å². The van der Waals surface area contributed by atoms with E-state index < -0.39 is 0 Å². The molecule has 0 fully saturated rings. The minimum Gasteiger partial charge on any atom is -0.457 e. The molecule has 0 aliphatic heterocycles. The Labute approximate surface area is 126 Å². The third-order valence-electron chi connectivity index (χ3n) is 2.63. The number of carbonyl (C=O) groups excluding carboxylic acids is 1. The summed E-state index contributed by atoms with van der Waals surface area (Å²) < 4.78 is 10.0. The van der Waals surface area contributed by atoms with Crippen LogP contribution in [0.5, 0.6) is 0 Å². The molecule has 3 nitrogen and oxygen atoms in total. The number of carbonyl (C=O) groups is 1. The fourth-order valence-electron chi connectivity index (χ4n) is 1.58. The summed E-state index contributed by atoms with van der Waals surface area (Å²) in [6, 6.07) is 18.6. The third-order valence-corrected chi connectivity index (χ3v) is 2.63. The van der Waals surface area contributed by atoms with Gasteiger partial charge < -0.3 is 9.47 Å². The van der Waals surface area contributed by atoms with Gasteiger partial charge in [-0.05, 0) is 31.5 Å². The van der Waals surface area contributed by atoms with Crippen LogP contribution in [0.3, 0.4) is 0 Å². The average Bonchev–Trinajstić information content (AvgIpc) is 2.56.